The van der Waals surface area contributed by atoms with Crippen molar-refractivity contribution in [2.24, 2.45) is 0 Å². The molecule has 1 atom stereocenters. The van der Waals surface area contributed by atoms with Gasteiger partial charge in [0.25, 0.3) is 0 Å². The summed E-state index contributed by atoms with van der Waals surface area (Å²) in [5.74, 6) is -0.668. The number of Topliss-reactive ketones (excluding diaryl/α,β-unsaturated/α-hetero) is 2. The third-order valence-corrected chi connectivity index (χ3v) is 4.07. The molecule has 0 aliphatic heterocycles. The summed E-state index contributed by atoms with van der Waals surface area (Å²) in [4.78, 5) is 24.4. The molecule has 1 rings (SSSR count). The van der Waals surface area contributed by atoms with Crippen molar-refractivity contribution < 1.29 is 9.59 Å². The molecule has 0 radical (unpaired) electrons. The van der Waals surface area contributed by atoms with Crippen molar-refractivity contribution >= 4 is 34.7 Å². The summed E-state index contributed by atoms with van der Waals surface area (Å²) in [7, 11) is 0. The van der Waals surface area contributed by atoms with Crippen LogP contribution >= 0.6 is 23.1 Å². The molecular weight excluding hydrogens is 216 g/mol. The molecule has 0 N–H and O–H groups in total. The molecule has 1 aromatic rings. The second-order valence-corrected chi connectivity index (χ2v) is 5.52. The predicted molar refractivity (Wildman–Crippen MR) is 60.1 cm³/mol. The molecule has 14 heavy (non-hydrogen) atoms. The van der Waals surface area contributed by atoms with Gasteiger partial charge in [0.15, 0.2) is 5.78 Å². The van der Waals surface area contributed by atoms with E-state index >= 15 is 0 Å². The van der Waals surface area contributed by atoms with Gasteiger partial charge in [-0.1, -0.05) is 0 Å². The van der Waals surface area contributed by atoms with Crippen molar-refractivity contribution in [1.29, 1.82) is 0 Å². The Balaban J connectivity index is 2.66. The monoisotopic (exact) mass is 228 g/mol. The van der Waals surface area contributed by atoms with E-state index in [9.17, 15) is 9.59 Å². The standard InChI is InChI=1S/C10H12O2S2/c1-6(11)10(12)8(3)14-9-4-5-13-7(9)2/h4-5,8H,1-3H3. The van der Waals surface area contributed by atoms with Gasteiger partial charge in [0.2, 0.25) is 5.78 Å². The van der Waals surface area contributed by atoms with Gasteiger partial charge in [-0.3, -0.25) is 9.59 Å². The summed E-state index contributed by atoms with van der Waals surface area (Å²) in [6.45, 7) is 5.10. The molecule has 0 bridgehead atoms. The highest BCUT2D eigenvalue weighted by Crippen LogP contribution is 2.30. The Labute approximate surface area is 91.7 Å². The maximum absolute atomic E-state index is 11.3. The third-order valence-electron chi connectivity index (χ3n) is 1.83. The number of hydrogen-bond acceptors (Lipinski definition) is 4. The SMILES string of the molecule is CC(=O)C(=O)C(C)Sc1ccsc1C. The molecule has 1 heterocycles. The van der Waals surface area contributed by atoms with Crippen LogP contribution in [-0.4, -0.2) is 16.8 Å². The van der Waals surface area contributed by atoms with Crippen molar-refractivity contribution in [1.82, 2.24) is 0 Å². The van der Waals surface area contributed by atoms with Crippen molar-refractivity contribution in [2.45, 2.75) is 30.9 Å². The highest BCUT2D eigenvalue weighted by Gasteiger charge is 2.19. The molecule has 1 aromatic heterocycles. The van der Waals surface area contributed by atoms with Crippen LogP contribution in [0.1, 0.15) is 18.7 Å². The van der Waals surface area contributed by atoms with Crippen LogP contribution in [-0.2, 0) is 9.59 Å². The van der Waals surface area contributed by atoms with Crippen LogP contribution in [0.5, 0.6) is 0 Å². The van der Waals surface area contributed by atoms with E-state index in [0.29, 0.717) is 0 Å². The average molecular weight is 228 g/mol. The topological polar surface area (TPSA) is 34.1 Å². The number of ketones is 2. The van der Waals surface area contributed by atoms with Gasteiger partial charge in [-0.2, -0.15) is 0 Å². The summed E-state index contributed by atoms with van der Waals surface area (Å²) in [6.07, 6.45) is 0. The lowest BCUT2D eigenvalue weighted by Gasteiger charge is -2.06. The lowest BCUT2D eigenvalue weighted by atomic mass is 10.2. The van der Waals surface area contributed by atoms with Crippen LogP contribution in [0.4, 0.5) is 0 Å². The van der Waals surface area contributed by atoms with Crippen molar-refractivity contribution in [3.05, 3.63) is 16.3 Å². The van der Waals surface area contributed by atoms with Gasteiger partial charge < -0.3 is 0 Å². The number of carbonyl (C=O) groups is 2. The first-order valence-electron chi connectivity index (χ1n) is 4.28. The van der Waals surface area contributed by atoms with Gasteiger partial charge in [0.05, 0.1) is 5.25 Å². The predicted octanol–water partition coefficient (Wildman–Crippen LogP) is 2.70. The van der Waals surface area contributed by atoms with Gasteiger partial charge >= 0.3 is 0 Å². The average Bonchev–Trinajstić information content (AvgIpc) is 2.50. The van der Waals surface area contributed by atoms with E-state index in [2.05, 4.69) is 0 Å². The summed E-state index contributed by atoms with van der Waals surface area (Å²) >= 11 is 3.10. The third kappa shape index (κ3) is 2.69. The fourth-order valence-electron chi connectivity index (χ4n) is 1.03. The number of aryl methyl sites for hydroxylation is 1. The van der Waals surface area contributed by atoms with E-state index in [4.69, 9.17) is 0 Å². The molecule has 0 amide bonds. The van der Waals surface area contributed by atoms with E-state index in [-0.39, 0.29) is 16.8 Å². The first kappa shape index (κ1) is 11.5. The maximum atomic E-state index is 11.3. The summed E-state index contributed by atoms with van der Waals surface area (Å²) in [5.41, 5.74) is 0. The van der Waals surface area contributed by atoms with Crippen LogP contribution in [0.2, 0.25) is 0 Å². The fraction of sp³-hybridized carbons (Fsp3) is 0.400. The quantitative estimate of drug-likeness (QED) is 0.587. The minimum absolute atomic E-state index is 0.277. The molecule has 0 saturated carbocycles. The van der Waals surface area contributed by atoms with Crippen molar-refractivity contribution in [2.75, 3.05) is 0 Å². The van der Waals surface area contributed by atoms with Crippen molar-refractivity contribution in [3.8, 4) is 0 Å². The Morgan fingerprint density at radius 2 is 2.14 bits per heavy atom. The van der Waals surface area contributed by atoms with Crippen LogP contribution in [0.15, 0.2) is 16.3 Å². The largest absolute Gasteiger partial charge is 0.291 e. The van der Waals surface area contributed by atoms with Gasteiger partial charge in [0, 0.05) is 16.7 Å². The molecule has 0 spiro atoms. The van der Waals surface area contributed by atoms with Gasteiger partial charge in [0.1, 0.15) is 0 Å². The summed E-state index contributed by atoms with van der Waals surface area (Å²) in [5, 5.41) is 1.71. The molecule has 4 heteroatoms. The molecule has 0 aliphatic rings. The number of hydrogen-bond donors (Lipinski definition) is 0. The Morgan fingerprint density at radius 1 is 1.50 bits per heavy atom. The highest BCUT2D eigenvalue weighted by atomic mass is 32.2. The fourth-order valence-corrected chi connectivity index (χ4v) is 2.96. The maximum Gasteiger partial charge on any atom is 0.211 e. The zero-order chi connectivity index (χ0) is 10.7. The lowest BCUT2D eigenvalue weighted by Crippen LogP contribution is -2.20. The molecule has 0 aromatic carbocycles. The van der Waals surface area contributed by atoms with Gasteiger partial charge in [-0.25, -0.2) is 0 Å². The van der Waals surface area contributed by atoms with Crippen molar-refractivity contribution in [3.63, 3.8) is 0 Å². The lowest BCUT2D eigenvalue weighted by molar-refractivity contribution is -0.134. The second-order valence-electron chi connectivity index (χ2n) is 3.02. The number of thioether (sulfide) groups is 1. The minimum atomic E-state index is -0.363. The van der Waals surface area contributed by atoms with E-state index < -0.39 is 0 Å². The molecule has 0 fully saturated rings. The molecule has 0 saturated heterocycles. The molecule has 76 valence electrons. The Kier molecular flexibility index (Phi) is 3.89. The normalized spacial score (nSPS) is 12.5. The van der Waals surface area contributed by atoms with Crippen LogP contribution in [0.3, 0.4) is 0 Å². The Bertz CT molecular complexity index is 355. The minimum Gasteiger partial charge on any atom is -0.291 e. The Hall–Kier alpha value is -0.610. The van der Waals surface area contributed by atoms with Gasteiger partial charge in [-0.15, -0.1) is 23.1 Å². The van der Waals surface area contributed by atoms with E-state index in [1.54, 1.807) is 18.3 Å². The van der Waals surface area contributed by atoms with E-state index in [0.717, 1.165) is 4.90 Å². The number of carbonyl (C=O) groups excluding carboxylic acids is 2. The number of rotatable bonds is 4. The van der Waals surface area contributed by atoms with Crippen LogP contribution < -0.4 is 0 Å². The highest BCUT2D eigenvalue weighted by molar-refractivity contribution is 8.00. The second kappa shape index (κ2) is 4.75. The van der Waals surface area contributed by atoms with E-state index in [1.165, 1.54) is 23.6 Å². The zero-order valence-corrected chi connectivity index (χ0v) is 10.00. The van der Waals surface area contributed by atoms with E-state index in [1.807, 2.05) is 18.4 Å². The molecule has 0 aliphatic carbocycles. The first-order chi connectivity index (χ1) is 6.52. The van der Waals surface area contributed by atoms with Gasteiger partial charge in [-0.05, 0) is 25.3 Å². The van der Waals surface area contributed by atoms with Crippen LogP contribution in [0, 0.1) is 6.92 Å². The Morgan fingerprint density at radius 3 is 2.57 bits per heavy atom. The summed E-state index contributed by atoms with van der Waals surface area (Å²) < 4.78 is 0. The smallest absolute Gasteiger partial charge is 0.211 e. The number of thiophene rings is 1. The van der Waals surface area contributed by atoms with Crippen LogP contribution in [0.25, 0.3) is 0 Å². The summed E-state index contributed by atoms with van der Waals surface area (Å²) in [6, 6.07) is 1.98. The molecular formula is C10H12O2S2. The zero-order valence-electron chi connectivity index (χ0n) is 8.37. The molecule has 1 unspecified atom stereocenters. The first-order valence-corrected chi connectivity index (χ1v) is 6.04. The molecule has 2 nitrogen and oxygen atoms in total.